The summed E-state index contributed by atoms with van der Waals surface area (Å²) in [5.74, 6) is 0.100. The van der Waals surface area contributed by atoms with E-state index in [1.165, 1.54) is 19.0 Å². The Morgan fingerprint density at radius 2 is 2.12 bits per heavy atom. The molecule has 4 nitrogen and oxygen atoms in total. The quantitative estimate of drug-likeness (QED) is 0.363. The van der Waals surface area contributed by atoms with Crippen LogP contribution in [0.3, 0.4) is 0 Å². The van der Waals surface area contributed by atoms with Crippen LogP contribution in [0, 0.1) is 0 Å². The highest BCUT2D eigenvalue weighted by Gasteiger charge is 2.11. The van der Waals surface area contributed by atoms with Crippen molar-refractivity contribution < 1.29 is 9.47 Å². The molecule has 1 heterocycles. The Balaban J connectivity index is 2.08. The number of ether oxygens (including phenoxy) is 2. The summed E-state index contributed by atoms with van der Waals surface area (Å²) >= 11 is 0. The second kappa shape index (κ2) is 8.69. The normalized spacial score (nSPS) is 17.8. The topological polar surface area (TPSA) is 24.9 Å². The van der Waals surface area contributed by atoms with E-state index in [0.717, 1.165) is 19.8 Å². The summed E-state index contributed by atoms with van der Waals surface area (Å²) in [5.41, 5.74) is 0. The van der Waals surface area contributed by atoms with Gasteiger partial charge in [-0.05, 0) is 26.1 Å². The monoisotopic (exact) mass is 258 g/mol. The van der Waals surface area contributed by atoms with Crippen LogP contribution in [0.1, 0.15) is 13.3 Å². The third-order valence-electron chi connectivity index (χ3n) is 3.16. The maximum absolute atomic E-state index is 5.23. The molecule has 1 aliphatic rings. The average molecular weight is 258 g/mol. The van der Waals surface area contributed by atoms with Gasteiger partial charge in [-0.3, -0.25) is 4.90 Å². The van der Waals surface area contributed by atoms with Gasteiger partial charge in [0.15, 0.2) is 0 Å². The Hall–Kier alpha value is -0.363. The predicted molar refractivity (Wildman–Crippen MR) is 73.7 cm³/mol. The Bertz CT molecular complexity index is 223. The lowest BCUT2D eigenvalue weighted by atomic mass is 10.3. The molecule has 0 N–H and O–H groups in total. The van der Waals surface area contributed by atoms with Crippen molar-refractivity contribution in [3.8, 4) is 0 Å². The smallest absolute Gasteiger partial charge is 0.134 e. The van der Waals surface area contributed by atoms with Crippen LogP contribution in [0.25, 0.3) is 0 Å². The zero-order chi connectivity index (χ0) is 12.5. The van der Waals surface area contributed by atoms with Crippen molar-refractivity contribution in [2.24, 2.45) is 0 Å². The summed E-state index contributed by atoms with van der Waals surface area (Å²) in [7, 11) is 3.22. The summed E-state index contributed by atoms with van der Waals surface area (Å²) < 4.78 is 10.5. The molecular weight excluding hydrogens is 232 g/mol. The predicted octanol–water partition coefficient (Wildman–Crippen LogP) is 0.649. The molecule has 0 fully saturated rings. The summed E-state index contributed by atoms with van der Waals surface area (Å²) in [5, 5.41) is 0. The Morgan fingerprint density at radius 3 is 2.76 bits per heavy atom. The van der Waals surface area contributed by atoms with Crippen LogP contribution in [0.2, 0.25) is 6.04 Å². The van der Waals surface area contributed by atoms with Gasteiger partial charge in [-0.25, -0.2) is 0 Å². The van der Waals surface area contributed by atoms with Gasteiger partial charge in [0.2, 0.25) is 0 Å². The van der Waals surface area contributed by atoms with Gasteiger partial charge in [-0.2, -0.15) is 0 Å². The molecule has 0 aromatic heterocycles. The van der Waals surface area contributed by atoms with E-state index in [4.69, 9.17) is 9.47 Å². The number of hydrogen-bond donors (Lipinski definition) is 0. The molecule has 0 saturated carbocycles. The fourth-order valence-corrected chi connectivity index (χ4v) is 3.37. The minimum absolute atomic E-state index is 0.100. The van der Waals surface area contributed by atoms with Crippen LogP contribution in [0.4, 0.5) is 0 Å². The van der Waals surface area contributed by atoms with Crippen LogP contribution in [0.5, 0.6) is 0 Å². The standard InChI is InChI=1S/C12H26N2O2Si/c1-4-13-7-5-8-14(11-13)9-6-10-17-12(15-2)16-3/h5,7,12H,4,6,8-11,17H2,1-3H3. The first-order chi connectivity index (χ1) is 8.30. The van der Waals surface area contributed by atoms with Crippen molar-refractivity contribution in [2.75, 3.05) is 40.5 Å². The first kappa shape index (κ1) is 14.7. The van der Waals surface area contributed by atoms with Gasteiger partial charge in [0.1, 0.15) is 5.91 Å². The Kier molecular flexibility index (Phi) is 7.51. The van der Waals surface area contributed by atoms with E-state index in [1.807, 2.05) is 0 Å². The molecule has 17 heavy (non-hydrogen) atoms. The number of hydrogen-bond acceptors (Lipinski definition) is 4. The van der Waals surface area contributed by atoms with Crippen LogP contribution in [-0.2, 0) is 9.47 Å². The van der Waals surface area contributed by atoms with E-state index in [2.05, 4.69) is 29.0 Å². The zero-order valence-corrected chi connectivity index (χ0v) is 12.8. The number of nitrogens with zero attached hydrogens (tertiary/aromatic N) is 2. The lowest BCUT2D eigenvalue weighted by Gasteiger charge is -2.31. The molecule has 5 heteroatoms. The van der Waals surface area contributed by atoms with Crippen LogP contribution in [0.15, 0.2) is 12.3 Å². The highest BCUT2D eigenvalue weighted by molar-refractivity contribution is 6.36. The summed E-state index contributed by atoms with van der Waals surface area (Å²) in [4.78, 5) is 4.83. The molecule has 0 saturated heterocycles. The Morgan fingerprint density at radius 1 is 1.35 bits per heavy atom. The highest BCUT2D eigenvalue weighted by atomic mass is 28.2. The molecule has 0 spiro atoms. The molecule has 0 amide bonds. The molecule has 100 valence electrons. The van der Waals surface area contributed by atoms with Crippen molar-refractivity contribution in [2.45, 2.75) is 25.3 Å². The SMILES string of the molecule is CCN1C=CCN(CCC[SiH2]C(OC)OC)C1. The van der Waals surface area contributed by atoms with E-state index >= 15 is 0 Å². The maximum atomic E-state index is 5.23. The second-order valence-electron chi connectivity index (χ2n) is 4.40. The van der Waals surface area contributed by atoms with Crippen molar-refractivity contribution in [1.82, 2.24) is 9.80 Å². The van der Waals surface area contributed by atoms with Gasteiger partial charge in [0, 0.05) is 27.3 Å². The molecular formula is C12H26N2O2Si. The van der Waals surface area contributed by atoms with Gasteiger partial charge >= 0.3 is 0 Å². The fourth-order valence-electron chi connectivity index (χ4n) is 2.05. The fraction of sp³-hybridized carbons (Fsp3) is 0.833. The zero-order valence-electron chi connectivity index (χ0n) is 11.4. The van der Waals surface area contributed by atoms with Crippen LogP contribution in [-0.4, -0.2) is 65.8 Å². The largest absolute Gasteiger partial charge is 0.365 e. The van der Waals surface area contributed by atoms with E-state index in [0.29, 0.717) is 0 Å². The van der Waals surface area contributed by atoms with Gasteiger partial charge in [-0.15, -0.1) is 0 Å². The van der Waals surface area contributed by atoms with Gasteiger partial charge in [-0.1, -0.05) is 12.1 Å². The lowest BCUT2D eigenvalue weighted by Crippen LogP contribution is -2.39. The van der Waals surface area contributed by atoms with Gasteiger partial charge in [0.25, 0.3) is 0 Å². The molecule has 1 rings (SSSR count). The molecule has 0 aromatic carbocycles. The molecule has 0 atom stereocenters. The maximum Gasteiger partial charge on any atom is 0.134 e. The molecule has 0 radical (unpaired) electrons. The highest BCUT2D eigenvalue weighted by Crippen LogP contribution is 2.05. The molecule has 0 aliphatic carbocycles. The van der Waals surface area contributed by atoms with Crippen molar-refractivity contribution in [3.63, 3.8) is 0 Å². The third-order valence-corrected chi connectivity index (χ3v) is 5.20. The summed E-state index contributed by atoms with van der Waals surface area (Å²) in [6, 6.07) is 1.29. The van der Waals surface area contributed by atoms with Crippen molar-refractivity contribution >= 4 is 9.52 Å². The van der Waals surface area contributed by atoms with Crippen LogP contribution < -0.4 is 0 Å². The average Bonchev–Trinajstić information content (AvgIpc) is 2.39. The van der Waals surface area contributed by atoms with Crippen molar-refractivity contribution in [3.05, 3.63) is 12.3 Å². The second-order valence-corrected chi connectivity index (χ2v) is 6.36. The van der Waals surface area contributed by atoms with E-state index < -0.39 is 0 Å². The van der Waals surface area contributed by atoms with E-state index in [9.17, 15) is 0 Å². The summed E-state index contributed by atoms with van der Waals surface area (Å²) in [6.45, 7) is 6.65. The Labute approximate surface area is 107 Å². The van der Waals surface area contributed by atoms with E-state index in [-0.39, 0.29) is 15.4 Å². The first-order valence-corrected chi connectivity index (χ1v) is 8.30. The summed E-state index contributed by atoms with van der Waals surface area (Å²) in [6.07, 6.45) is 5.72. The third kappa shape index (κ3) is 5.67. The van der Waals surface area contributed by atoms with Gasteiger partial charge < -0.3 is 14.4 Å². The van der Waals surface area contributed by atoms with Crippen LogP contribution >= 0.6 is 0 Å². The number of methoxy groups -OCH3 is 2. The minimum atomic E-state index is -0.242. The molecule has 0 aromatic rings. The first-order valence-electron chi connectivity index (χ1n) is 6.48. The minimum Gasteiger partial charge on any atom is -0.365 e. The van der Waals surface area contributed by atoms with Crippen molar-refractivity contribution in [1.29, 1.82) is 0 Å². The van der Waals surface area contributed by atoms with Gasteiger partial charge in [0.05, 0.1) is 16.2 Å². The lowest BCUT2D eigenvalue weighted by molar-refractivity contribution is -0.0441. The molecule has 1 aliphatic heterocycles. The molecule has 0 unspecified atom stereocenters. The molecule has 0 bridgehead atoms. The van der Waals surface area contributed by atoms with E-state index in [1.54, 1.807) is 14.2 Å². The number of rotatable bonds is 8.